The number of halogens is 1. The standard InChI is InChI=1S/C19H18BrNO6/c1-26-16-7-6-11(8-14(16)20)15(22)10-27-17(23)9-21-18(24)12-4-2-3-5-13(12)19(21)25/h2-3,6-8,12-13H,4-5,9-10H2,1H3. The average molecular weight is 436 g/mol. The van der Waals surface area contributed by atoms with Gasteiger partial charge < -0.3 is 9.47 Å². The second-order valence-electron chi connectivity index (χ2n) is 6.35. The van der Waals surface area contributed by atoms with Gasteiger partial charge >= 0.3 is 5.97 Å². The van der Waals surface area contributed by atoms with Crippen molar-refractivity contribution in [1.29, 1.82) is 0 Å². The van der Waals surface area contributed by atoms with E-state index in [0.717, 1.165) is 4.90 Å². The van der Waals surface area contributed by atoms with Crippen molar-refractivity contribution >= 4 is 39.5 Å². The summed E-state index contributed by atoms with van der Waals surface area (Å²) in [7, 11) is 1.51. The van der Waals surface area contributed by atoms with Crippen molar-refractivity contribution < 1.29 is 28.7 Å². The Kier molecular flexibility index (Phi) is 5.74. The second-order valence-corrected chi connectivity index (χ2v) is 7.21. The van der Waals surface area contributed by atoms with Crippen molar-refractivity contribution in [3.8, 4) is 5.75 Å². The lowest BCUT2D eigenvalue weighted by atomic mass is 9.85. The zero-order valence-electron chi connectivity index (χ0n) is 14.6. The molecule has 0 spiro atoms. The fourth-order valence-electron chi connectivity index (χ4n) is 3.27. The topological polar surface area (TPSA) is 90.0 Å². The Morgan fingerprint density at radius 1 is 1.15 bits per heavy atom. The lowest BCUT2D eigenvalue weighted by Crippen LogP contribution is -2.37. The number of likely N-dealkylation sites (tertiary alicyclic amines) is 1. The minimum atomic E-state index is -0.788. The van der Waals surface area contributed by atoms with Crippen LogP contribution in [0.25, 0.3) is 0 Å². The molecule has 0 bridgehead atoms. The number of carbonyl (C=O) groups excluding carboxylic acids is 4. The number of Topliss-reactive ketones (excluding diaryl/α,β-unsaturated/α-hetero) is 1. The lowest BCUT2D eigenvalue weighted by molar-refractivity contribution is -0.152. The van der Waals surface area contributed by atoms with E-state index >= 15 is 0 Å². The molecule has 1 aliphatic carbocycles. The molecule has 1 aromatic carbocycles. The van der Waals surface area contributed by atoms with E-state index in [9.17, 15) is 19.2 Å². The summed E-state index contributed by atoms with van der Waals surface area (Å²) >= 11 is 3.29. The van der Waals surface area contributed by atoms with Gasteiger partial charge in [-0.15, -0.1) is 0 Å². The molecule has 0 aromatic heterocycles. The first-order chi connectivity index (χ1) is 12.9. The molecular weight excluding hydrogens is 418 g/mol. The van der Waals surface area contributed by atoms with Crippen LogP contribution in [0.15, 0.2) is 34.8 Å². The molecule has 7 nitrogen and oxygen atoms in total. The van der Waals surface area contributed by atoms with Gasteiger partial charge in [0.25, 0.3) is 0 Å². The third-order valence-corrected chi connectivity index (χ3v) is 5.34. The molecule has 27 heavy (non-hydrogen) atoms. The molecule has 1 heterocycles. The van der Waals surface area contributed by atoms with E-state index in [1.807, 2.05) is 12.2 Å². The molecule has 3 rings (SSSR count). The molecule has 142 valence electrons. The Balaban J connectivity index is 1.55. The van der Waals surface area contributed by atoms with E-state index in [1.165, 1.54) is 7.11 Å². The number of ether oxygens (including phenoxy) is 2. The number of rotatable bonds is 6. The van der Waals surface area contributed by atoms with E-state index in [2.05, 4.69) is 15.9 Å². The Morgan fingerprint density at radius 3 is 2.33 bits per heavy atom. The number of benzene rings is 1. The number of carbonyl (C=O) groups is 4. The highest BCUT2D eigenvalue weighted by Gasteiger charge is 2.47. The summed E-state index contributed by atoms with van der Waals surface area (Å²) in [5, 5.41) is 0. The molecule has 1 aliphatic heterocycles. The van der Waals surface area contributed by atoms with Gasteiger partial charge in [0.05, 0.1) is 23.4 Å². The normalized spacial score (nSPS) is 21.2. The van der Waals surface area contributed by atoms with Crippen LogP contribution in [-0.2, 0) is 19.1 Å². The summed E-state index contributed by atoms with van der Waals surface area (Å²) in [5.74, 6) is -2.10. The number of esters is 1. The molecule has 2 unspecified atom stereocenters. The number of fused-ring (bicyclic) bond motifs is 1. The van der Waals surface area contributed by atoms with E-state index < -0.39 is 36.7 Å². The van der Waals surface area contributed by atoms with Crippen LogP contribution in [0.3, 0.4) is 0 Å². The maximum atomic E-state index is 12.3. The van der Waals surface area contributed by atoms with Crippen molar-refractivity contribution in [2.75, 3.05) is 20.3 Å². The van der Waals surface area contributed by atoms with Gasteiger partial charge in [0.2, 0.25) is 11.8 Å². The Bertz CT molecular complexity index is 807. The SMILES string of the molecule is COc1ccc(C(=O)COC(=O)CN2C(=O)C3CC=CCC3C2=O)cc1Br. The molecule has 1 fully saturated rings. The van der Waals surface area contributed by atoms with Crippen LogP contribution in [0.4, 0.5) is 0 Å². The van der Waals surface area contributed by atoms with E-state index in [-0.39, 0.29) is 11.8 Å². The largest absolute Gasteiger partial charge is 0.496 e. The maximum absolute atomic E-state index is 12.3. The number of hydrogen-bond acceptors (Lipinski definition) is 6. The van der Waals surface area contributed by atoms with Crippen LogP contribution < -0.4 is 4.74 Å². The summed E-state index contributed by atoms with van der Waals surface area (Å²) in [5.41, 5.74) is 0.348. The highest BCUT2D eigenvalue weighted by atomic mass is 79.9. The molecule has 1 aromatic rings. The third kappa shape index (κ3) is 3.95. The molecule has 2 amide bonds. The molecular formula is C19H18BrNO6. The van der Waals surface area contributed by atoms with Crippen LogP contribution in [0, 0.1) is 11.8 Å². The lowest BCUT2D eigenvalue weighted by Gasteiger charge is -2.14. The van der Waals surface area contributed by atoms with Crippen molar-refractivity contribution in [2.45, 2.75) is 12.8 Å². The van der Waals surface area contributed by atoms with Gasteiger partial charge in [-0.2, -0.15) is 0 Å². The monoisotopic (exact) mass is 435 g/mol. The molecule has 0 radical (unpaired) electrons. The summed E-state index contributed by atoms with van der Waals surface area (Å²) in [6, 6.07) is 4.75. The number of nitrogens with zero attached hydrogens (tertiary/aromatic N) is 1. The molecule has 2 atom stereocenters. The zero-order chi connectivity index (χ0) is 19.6. The molecule has 1 saturated heterocycles. The quantitative estimate of drug-likeness (QED) is 0.294. The highest BCUT2D eigenvalue weighted by molar-refractivity contribution is 9.10. The summed E-state index contributed by atoms with van der Waals surface area (Å²) < 4.78 is 10.7. The predicted molar refractivity (Wildman–Crippen MR) is 98.1 cm³/mol. The van der Waals surface area contributed by atoms with Gasteiger partial charge in [0.15, 0.2) is 12.4 Å². The molecule has 0 saturated carbocycles. The van der Waals surface area contributed by atoms with Gasteiger partial charge in [-0.25, -0.2) is 0 Å². The predicted octanol–water partition coefficient (Wildman–Crippen LogP) is 2.13. The fourth-order valence-corrected chi connectivity index (χ4v) is 3.81. The highest BCUT2D eigenvalue weighted by Crippen LogP contribution is 2.34. The third-order valence-electron chi connectivity index (χ3n) is 4.72. The van der Waals surface area contributed by atoms with Crippen LogP contribution in [0.1, 0.15) is 23.2 Å². The van der Waals surface area contributed by atoms with Crippen molar-refractivity contribution in [3.05, 3.63) is 40.4 Å². The molecule has 8 heteroatoms. The van der Waals surface area contributed by atoms with E-state index in [1.54, 1.807) is 18.2 Å². The number of methoxy groups -OCH3 is 1. The van der Waals surface area contributed by atoms with Gasteiger partial charge in [0.1, 0.15) is 12.3 Å². The smallest absolute Gasteiger partial charge is 0.326 e. The number of amides is 2. The number of allylic oxidation sites excluding steroid dienone is 2. The van der Waals surface area contributed by atoms with Crippen molar-refractivity contribution in [1.82, 2.24) is 4.90 Å². The Labute approximate surface area is 164 Å². The van der Waals surface area contributed by atoms with Crippen LogP contribution in [0.2, 0.25) is 0 Å². The number of ketones is 1. The first-order valence-corrected chi connectivity index (χ1v) is 9.24. The van der Waals surface area contributed by atoms with Gasteiger partial charge in [-0.1, -0.05) is 12.2 Å². The second kappa shape index (κ2) is 8.04. The fraction of sp³-hybridized carbons (Fsp3) is 0.368. The minimum Gasteiger partial charge on any atom is -0.496 e. The molecule has 2 aliphatic rings. The number of hydrogen-bond donors (Lipinski definition) is 0. The summed E-state index contributed by atoms with van der Waals surface area (Å²) in [6.07, 6.45) is 4.76. The molecule has 0 N–H and O–H groups in total. The maximum Gasteiger partial charge on any atom is 0.326 e. The summed E-state index contributed by atoms with van der Waals surface area (Å²) in [6.45, 7) is -0.938. The van der Waals surface area contributed by atoms with Crippen LogP contribution in [-0.4, -0.2) is 48.7 Å². The van der Waals surface area contributed by atoms with Crippen molar-refractivity contribution in [2.24, 2.45) is 11.8 Å². The van der Waals surface area contributed by atoms with Crippen molar-refractivity contribution in [3.63, 3.8) is 0 Å². The Hall–Kier alpha value is -2.48. The average Bonchev–Trinajstić information content (AvgIpc) is 2.91. The van der Waals surface area contributed by atoms with E-state index in [0.29, 0.717) is 28.6 Å². The zero-order valence-corrected chi connectivity index (χ0v) is 16.2. The van der Waals surface area contributed by atoms with Gasteiger partial charge in [-0.3, -0.25) is 24.1 Å². The number of imide groups is 1. The van der Waals surface area contributed by atoms with Gasteiger partial charge in [0, 0.05) is 5.56 Å². The van der Waals surface area contributed by atoms with Gasteiger partial charge in [-0.05, 0) is 47.0 Å². The van der Waals surface area contributed by atoms with Crippen LogP contribution in [0.5, 0.6) is 5.75 Å². The van der Waals surface area contributed by atoms with Crippen LogP contribution >= 0.6 is 15.9 Å². The Morgan fingerprint density at radius 2 is 1.78 bits per heavy atom. The summed E-state index contributed by atoms with van der Waals surface area (Å²) in [4.78, 5) is 49.8. The minimum absolute atomic E-state index is 0.348. The first kappa shape index (κ1) is 19.3. The van der Waals surface area contributed by atoms with E-state index in [4.69, 9.17) is 9.47 Å². The first-order valence-electron chi connectivity index (χ1n) is 8.45.